The fourth-order valence-electron chi connectivity index (χ4n) is 1.69. The molecule has 0 bridgehead atoms. The van der Waals surface area contributed by atoms with Crippen molar-refractivity contribution in [3.63, 3.8) is 0 Å². The van der Waals surface area contributed by atoms with E-state index in [1.165, 1.54) is 0 Å². The van der Waals surface area contributed by atoms with Gasteiger partial charge in [0, 0.05) is 18.4 Å². The van der Waals surface area contributed by atoms with Crippen molar-refractivity contribution in [1.82, 2.24) is 9.62 Å². The summed E-state index contributed by atoms with van der Waals surface area (Å²) in [5, 5.41) is 2.57. The summed E-state index contributed by atoms with van der Waals surface area (Å²) in [5.74, 6) is -0.412. The van der Waals surface area contributed by atoms with Crippen molar-refractivity contribution >= 4 is 58.7 Å². The summed E-state index contributed by atoms with van der Waals surface area (Å²) in [4.78, 5) is 23.7. The molecule has 1 aromatic carbocycles. The number of alkyl halides is 3. The van der Waals surface area contributed by atoms with E-state index in [-0.39, 0.29) is 0 Å². The monoisotopic (exact) mass is 338 g/mol. The molecule has 1 aliphatic rings. The van der Waals surface area contributed by atoms with Crippen molar-refractivity contribution < 1.29 is 9.59 Å². The van der Waals surface area contributed by atoms with Gasteiger partial charge in [-0.1, -0.05) is 65.1 Å². The lowest BCUT2D eigenvalue weighted by molar-refractivity contribution is -0.123. The van der Waals surface area contributed by atoms with Gasteiger partial charge in [0.15, 0.2) is 0 Å². The quantitative estimate of drug-likeness (QED) is 0.523. The first kappa shape index (κ1) is 14.8. The minimum absolute atomic E-state index is 0.405. The van der Waals surface area contributed by atoms with Crippen LogP contribution in [-0.4, -0.2) is 25.4 Å². The predicted octanol–water partition coefficient (Wildman–Crippen LogP) is 3.13. The van der Waals surface area contributed by atoms with E-state index in [0.29, 0.717) is 18.4 Å². The first-order valence-corrected chi connectivity index (χ1v) is 7.22. The van der Waals surface area contributed by atoms with Crippen LogP contribution >= 0.6 is 46.8 Å². The van der Waals surface area contributed by atoms with Gasteiger partial charge in [0.2, 0.25) is 0 Å². The van der Waals surface area contributed by atoms with E-state index in [9.17, 15) is 9.59 Å². The van der Waals surface area contributed by atoms with Crippen LogP contribution in [0.4, 0.5) is 4.79 Å². The molecule has 1 fully saturated rings. The van der Waals surface area contributed by atoms with Gasteiger partial charge in [0.1, 0.15) is 6.04 Å². The summed E-state index contributed by atoms with van der Waals surface area (Å²) in [6.45, 7) is 0. The number of hydrogen-bond donors (Lipinski definition) is 1. The number of carbonyl (C=O) groups is 2. The summed E-state index contributed by atoms with van der Waals surface area (Å²) in [7, 11) is 0. The molecule has 19 heavy (non-hydrogen) atoms. The molecule has 2 rings (SSSR count). The SMILES string of the molecule is O=C1NC(Cc2ccccc2)C(=O)N1SC(Cl)(Cl)Cl. The Bertz CT molecular complexity index is 492. The first-order valence-electron chi connectivity index (χ1n) is 5.31. The van der Waals surface area contributed by atoms with Gasteiger partial charge in [0.25, 0.3) is 9.03 Å². The first-order chi connectivity index (χ1) is 8.87. The molecule has 0 saturated carbocycles. The highest BCUT2D eigenvalue weighted by Crippen LogP contribution is 2.42. The average Bonchev–Trinajstić information content (AvgIpc) is 2.57. The minimum Gasteiger partial charge on any atom is -0.325 e. The number of carbonyl (C=O) groups excluding carboxylic acids is 2. The Morgan fingerprint density at radius 3 is 2.42 bits per heavy atom. The molecule has 102 valence electrons. The Morgan fingerprint density at radius 2 is 1.84 bits per heavy atom. The normalized spacial score (nSPS) is 19.7. The molecule has 1 N–H and O–H groups in total. The van der Waals surface area contributed by atoms with Crippen molar-refractivity contribution in [3.8, 4) is 0 Å². The van der Waals surface area contributed by atoms with Gasteiger partial charge in [-0.05, 0) is 5.56 Å². The van der Waals surface area contributed by atoms with Gasteiger partial charge in [-0.15, -0.1) is 0 Å². The fraction of sp³-hybridized carbons (Fsp3) is 0.273. The summed E-state index contributed by atoms with van der Waals surface area (Å²) >= 11 is 17.3. The second-order valence-corrected chi connectivity index (χ2v) is 7.98. The van der Waals surface area contributed by atoms with Gasteiger partial charge < -0.3 is 5.32 Å². The zero-order valence-electron chi connectivity index (χ0n) is 9.48. The molecule has 1 aliphatic heterocycles. The van der Waals surface area contributed by atoms with E-state index in [1.807, 2.05) is 30.3 Å². The molecule has 0 radical (unpaired) electrons. The number of nitrogens with one attached hydrogen (secondary N) is 1. The number of hydrogen-bond acceptors (Lipinski definition) is 3. The largest absolute Gasteiger partial charge is 0.335 e. The van der Waals surface area contributed by atoms with Crippen LogP contribution in [0, 0.1) is 0 Å². The number of halogens is 3. The minimum atomic E-state index is -1.76. The molecule has 1 unspecified atom stereocenters. The van der Waals surface area contributed by atoms with Crippen molar-refractivity contribution in [2.24, 2.45) is 0 Å². The van der Waals surface area contributed by atoms with Crippen molar-refractivity contribution in [1.29, 1.82) is 0 Å². The molecule has 4 nitrogen and oxygen atoms in total. The third kappa shape index (κ3) is 3.92. The Balaban J connectivity index is 2.06. The van der Waals surface area contributed by atoms with Crippen LogP contribution in [-0.2, 0) is 11.2 Å². The molecule has 3 amide bonds. The van der Waals surface area contributed by atoms with Crippen LogP contribution in [0.15, 0.2) is 30.3 Å². The lowest BCUT2D eigenvalue weighted by Crippen LogP contribution is -2.31. The molecule has 1 aromatic rings. The Hall–Kier alpha value is -0.620. The summed E-state index contributed by atoms with van der Waals surface area (Å²) < 4.78 is -0.907. The molecule has 0 aliphatic carbocycles. The van der Waals surface area contributed by atoms with Crippen LogP contribution in [0.25, 0.3) is 0 Å². The lowest BCUT2D eigenvalue weighted by atomic mass is 10.1. The molecule has 8 heteroatoms. The zero-order valence-corrected chi connectivity index (χ0v) is 12.6. The molecule has 0 aromatic heterocycles. The topological polar surface area (TPSA) is 49.4 Å². The summed E-state index contributed by atoms with van der Waals surface area (Å²) in [5.41, 5.74) is 0.946. The summed E-state index contributed by atoms with van der Waals surface area (Å²) in [6.07, 6.45) is 0.405. The zero-order chi connectivity index (χ0) is 14.0. The molecule has 1 heterocycles. The highest BCUT2D eigenvalue weighted by atomic mass is 35.6. The third-order valence-electron chi connectivity index (χ3n) is 2.46. The van der Waals surface area contributed by atoms with Gasteiger partial charge in [-0.3, -0.25) is 4.79 Å². The molecule has 0 spiro atoms. The van der Waals surface area contributed by atoms with Crippen molar-refractivity contribution in [2.45, 2.75) is 15.6 Å². The van der Waals surface area contributed by atoms with Crippen molar-refractivity contribution in [3.05, 3.63) is 35.9 Å². The highest BCUT2D eigenvalue weighted by molar-refractivity contribution is 8.03. The van der Waals surface area contributed by atoms with E-state index >= 15 is 0 Å². The number of urea groups is 1. The Morgan fingerprint density at radius 1 is 1.21 bits per heavy atom. The van der Waals surface area contributed by atoms with E-state index in [4.69, 9.17) is 34.8 Å². The number of amides is 3. The predicted molar refractivity (Wildman–Crippen MR) is 77.2 cm³/mol. The maximum atomic E-state index is 12.0. The van der Waals surface area contributed by atoms with Crippen LogP contribution in [0.1, 0.15) is 5.56 Å². The van der Waals surface area contributed by atoms with E-state index in [2.05, 4.69) is 5.32 Å². The second-order valence-electron chi connectivity index (χ2n) is 3.86. The maximum Gasteiger partial charge on any atom is 0.335 e. The van der Waals surface area contributed by atoms with Gasteiger partial charge >= 0.3 is 6.03 Å². The number of rotatable bonds is 3. The van der Waals surface area contributed by atoms with Crippen LogP contribution in [0.2, 0.25) is 0 Å². The number of imide groups is 1. The van der Waals surface area contributed by atoms with Crippen LogP contribution < -0.4 is 5.32 Å². The Labute approximate surface area is 129 Å². The molecular formula is C11H9Cl3N2O2S. The van der Waals surface area contributed by atoms with Crippen LogP contribution in [0.3, 0.4) is 0 Å². The average molecular weight is 340 g/mol. The molecular weight excluding hydrogens is 331 g/mol. The number of nitrogens with zero attached hydrogens (tertiary/aromatic N) is 1. The van der Waals surface area contributed by atoms with E-state index in [1.54, 1.807) is 0 Å². The highest BCUT2D eigenvalue weighted by Gasteiger charge is 2.42. The molecule has 1 atom stereocenters. The molecule has 1 saturated heterocycles. The second kappa shape index (κ2) is 5.79. The third-order valence-corrected chi connectivity index (χ3v) is 3.81. The number of benzene rings is 1. The fourth-order valence-corrected chi connectivity index (χ4v) is 2.87. The van der Waals surface area contributed by atoms with Crippen molar-refractivity contribution in [2.75, 3.05) is 0 Å². The Kier molecular flexibility index (Phi) is 4.50. The maximum absolute atomic E-state index is 12.0. The smallest absolute Gasteiger partial charge is 0.325 e. The standard InChI is InChI=1S/C11H9Cl3N2O2S/c12-11(13,14)19-16-9(17)8(15-10(16)18)6-7-4-2-1-3-5-7/h1-5,8H,6H2,(H,15,18). The van der Waals surface area contributed by atoms with Gasteiger partial charge in [-0.25, -0.2) is 4.79 Å². The van der Waals surface area contributed by atoms with Gasteiger partial charge in [-0.2, -0.15) is 4.31 Å². The van der Waals surface area contributed by atoms with Crippen LogP contribution in [0.5, 0.6) is 0 Å². The summed E-state index contributed by atoms with van der Waals surface area (Å²) in [6, 6.07) is 8.17. The lowest BCUT2D eigenvalue weighted by Gasteiger charge is -2.16. The van der Waals surface area contributed by atoms with E-state index < -0.39 is 21.1 Å². The van der Waals surface area contributed by atoms with E-state index in [0.717, 1.165) is 9.87 Å². The van der Waals surface area contributed by atoms with Gasteiger partial charge in [0.05, 0.1) is 0 Å².